The number of benzene rings is 1. The molecule has 0 bridgehead atoms. The van der Waals surface area contributed by atoms with Crippen LogP contribution in [0.2, 0.25) is 10.0 Å². The van der Waals surface area contributed by atoms with Gasteiger partial charge in [-0.1, -0.05) is 23.2 Å². The standard InChI is InChI=1S/C13H13Cl2NO3/c14-8-2-3-10(15)9(6-8)12(19)16-13(4-1-5-13)7-11(17)18/h2-3,6H,1,4-5,7H2,(H,16,19)(H,17,18). The summed E-state index contributed by atoms with van der Waals surface area (Å²) in [6.45, 7) is 0. The van der Waals surface area contributed by atoms with Gasteiger partial charge in [0.2, 0.25) is 0 Å². The molecule has 2 rings (SSSR count). The summed E-state index contributed by atoms with van der Waals surface area (Å²) < 4.78 is 0. The van der Waals surface area contributed by atoms with E-state index in [1.807, 2.05) is 0 Å². The molecule has 0 radical (unpaired) electrons. The van der Waals surface area contributed by atoms with Gasteiger partial charge in [0, 0.05) is 5.02 Å². The molecule has 1 saturated carbocycles. The van der Waals surface area contributed by atoms with E-state index in [2.05, 4.69) is 5.32 Å². The van der Waals surface area contributed by atoms with Crippen molar-refractivity contribution < 1.29 is 14.7 Å². The molecule has 1 amide bonds. The molecule has 2 N–H and O–H groups in total. The Morgan fingerprint density at radius 1 is 1.32 bits per heavy atom. The van der Waals surface area contributed by atoms with Gasteiger partial charge in [-0.15, -0.1) is 0 Å². The summed E-state index contributed by atoms with van der Waals surface area (Å²) in [4.78, 5) is 23.0. The molecule has 102 valence electrons. The van der Waals surface area contributed by atoms with Crippen LogP contribution >= 0.6 is 23.2 Å². The van der Waals surface area contributed by atoms with E-state index in [9.17, 15) is 9.59 Å². The van der Waals surface area contributed by atoms with Crippen molar-refractivity contribution in [1.29, 1.82) is 0 Å². The Morgan fingerprint density at radius 2 is 2.00 bits per heavy atom. The Labute approximate surface area is 120 Å². The van der Waals surface area contributed by atoms with Crippen LogP contribution in [0.15, 0.2) is 18.2 Å². The molecule has 1 aromatic rings. The number of aliphatic carboxylic acids is 1. The Kier molecular flexibility index (Phi) is 4.02. The van der Waals surface area contributed by atoms with Gasteiger partial charge in [0.15, 0.2) is 0 Å². The van der Waals surface area contributed by atoms with E-state index >= 15 is 0 Å². The van der Waals surface area contributed by atoms with Gasteiger partial charge in [-0.2, -0.15) is 0 Å². The predicted molar refractivity (Wildman–Crippen MR) is 72.8 cm³/mol. The smallest absolute Gasteiger partial charge is 0.305 e. The largest absolute Gasteiger partial charge is 0.481 e. The van der Waals surface area contributed by atoms with Crippen LogP contribution in [0.3, 0.4) is 0 Å². The van der Waals surface area contributed by atoms with E-state index in [1.165, 1.54) is 6.07 Å². The molecule has 0 atom stereocenters. The SMILES string of the molecule is O=C(O)CC1(NC(=O)c2cc(Cl)ccc2Cl)CCC1. The molecule has 0 aliphatic heterocycles. The second-order valence-corrected chi connectivity index (χ2v) is 5.63. The molecule has 1 aliphatic rings. The van der Waals surface area contributed by atoms with Crippen LogP contribution in [0.1, 0.15) is 36.0 Å². The molecular formula is C13H13Cl2NO3. The molecule has 6 heteroatoms. The second-order valence-electron chi connectivity index (χ2n) is 4.78. The van der Waals surface area contributed by atoms with Gasteiger partial charge in [-0.3, -0.25) is 9.59 Å². The van der Waals surface area contributed by atoms with Crippen LogP contribution in [-0.4, -0.2) is 22.5 Å². The van der Waals surface area contributed by atoms with Gasteiger partial charge in [-0.05, 0) is 37.5 Å². The predicted octanol–water partition coefficient (Wildman–Crippen LogP) is 3.12. The van der Waals surface area contributed by atoms with E-state index < -0.39 is 11.5 Å². The number of halogens is 2. The lowest BCUT2D eigenvalue weighted by Gasteiger charge is -2.41. The van der Waals surface area contributed by atoms with Crippen molar-refractivity contribution in [3.8, 4) is 0 Å². The quantitative estimate of drug-likeness (QED) is 0.898. The van der Waals surface area contributed by atoms with Gasteiger partial charge < -0.3 is 10.4 Å². The lowest BCUT2D eigenvalue weighted by Crippen LogP contribution is -2.54. The number of carboxylic acids is 1. The molecule has 1 aliphatic carbocycles. The van der Waals surface area contributed by atoms with E-state index in [0.29, 0.717) is 22.9 Å². The van der Waals surface area contributed by atoms with Gasteiger partial charge in [-0.25, -0.2) is 0 Å². The van der Waals surface area contributed by atoms with E-state index in [-0.39, 0.29) is 17.9 Å². The Balaban J connectivity index is 2.16. The van der Waals surface area contributed by atoms with Gasteiger partial charge >= 0.3 is 5.97 Å². The Hall–Kier alpha value is -1.26. The molecule has 0 spiro atoms. The van der Waals surface area contributed by atoms with E-state index in [4.69, 9.17) is 28.3 Å². The lowest BCUT2D eigenvalue weighted by molar-refractivity contribution is -0.139. The van der Waals surface area contributed by atoms with Crippen molar-refractivity contribution in [3.63, 3.8) is 0 Å². The number of carbonyl (C=O) groups is 2. The van der Waals surface area contributed by atoms with Gasteiger partial charge in [0.25, 0.3) is 5.91 Å². The summed E-state index contributed by atoms with van der Waals surface area (Å²) in [5, 5.41) is 12.4. The van der Waals surface area contributed by atoms with Crippen LogP contribution in [-0.2, 0) is 4.79 Å². The highest BCUT2D eigenvalue weighted by Gasteiger charge is 2.40. The zero-order chi connectivity index (χ0) is 14.0. The average molecular weight is 302 g/mol. The summed E-state index contributed by atoms with van der Waals surface area (Å²) in [5.41, 5.74) is -0.375. The third-order valence-electron chi connectivity index (χ3n) is 3.35. The molecule has 0 unspecified atom stereocenters. The molecule has 1 aromatic carbocycles. The first-order chi connectivity index (χ1) is 8.92. The van der Waals surface area contributed by atoms with Crippen molar-refractivity contribution >= 4 is 35.1 Å². The molecular weight excluding hydrogens is 289 g/mol. The minimum atomic E-state index is -0.919. The highest BCUT2D eigenvalue weighted by atomic mass is 35.5. The highest BCUT2D eigenvalue weighted by Crippen LogP contribution is 2.35. The number of nitrogens with one attached hydrogen (secondary N) is 1. The molecule has 0 aromatic heterocycles. The molecule has 4 nitrogen and oxygen atoms in total. The topological polar surface area (TPSA) is 66.4 Å². The van der Waals surface area contributed by atoms with E-state index in [1.54, 1.807) is 12.1 Å². The number of carboxylic acid groups (broad SMARTS) is 1. The third kappa shape index (κ3) is 3.19. The summed E-state index contributed by atoms with van der Waals surface area (Å²) in [5.74, 6) is -1.30. The van der Waals surface area contributed by atoms with Crippen molar-refractivity contribution in [2.45, 2.75) is 31.2 Å². The Morgan fingerprint density at radius 3 is 2.53 bits per heavy atom. The molecule has 0 heterocycles. The van der Waals surface area contributed by atoms with Crippen molar-refractivity contribution in [3.05, 3.63) is 33.8 Å². The molecule has 19 heavy (non-hydrogen) atoms. The summed E-state index contributed by atoms with van der Waals surface area (Å²) in [7, 11) is 0. The van der Waals surface area contributed by atoms with Gasteiger partial charge in [0.05, 0.1) is 22.5 Å². The maximum Gasteiger partial charge on any atom is 0.305 e. The summed E-state index contributed by atoms with van der Waals surface area (Å²) in [6, 6.07) is 4.62. The van der Waals surface area contributed by atoms with Gasteiger partial charge in [0.1, 0.15) is 0 Å². The van der Waals surface area contributed by atoms with Crippen LogP contribution in [0.4, 0.5) is 0 Å². The Bertz CT molecular complexity index is 527. The first-order valence-corrected chi connectivity index (χ1v) is 6.67. The van der Waals surface area contributed by atoms with Crippen molar-refractivity contribution in [2.75, 3.05) is 0 Å². The minimum Gasteiger partial charge on any atom is -0.481 e. The van der Waals surface area contributed by atoms with E-state index in [0.717, 1.165) is 6.42 Å². The van der Waals surface area contributed by atoms with Crippen LogP contribution in [0.25, 0.3) is 0 Å². The highest BCUT2D eigenvalue weighted by molar-refractivity contribution is 6.35. The fourth-order valence-corrected chi connectivity index (χ4v) is 2.59. The van der Waals surface area contributed by atoms with Crippen molar-refractivity contribution in [1.82, 2.24) is 5.32 Å². The third-order valence-corrected chi connectivity index (χ3v) is 3.92. The monoisotopic (exact) mass is 301 g/mol. The lowest BCUT2D eigenvalue weighted by atomic mass is 9.74. The van der Waals surface area contributed by atoms with Crippen LogP contribution < -0.4 is 5.32 Å². The summed E-state index contributed by atoms with van der Waals surface area (Å²) >= 11 is 11.8. The first-order valence-electron chi connectivity index (χ1n) is 5.91. The number of amides is 1. The number of hydrogen-bond donors (Lipinski definition) is 2. The molecule has 0 saturated heterocycles. The maximum atomic E-state index is 12.2. The fourth-order valence-electron chi connectivity index (χ4n) is 2.22. The number of rotatable bonds is 4. The van der Waals surface area contributed by atoms with Crippen LogP contribution in [0.5, 0.6) is 0 Å². The zero-order valence-electron chi connectivity index (χ0n) is 10.1. The van der Waals surface area contributed by atoms with Crippen LogP contribution in [0, 0.1) is 0 Å². The average Bonchev–Trinajstić information content (AvgIpc) is 2.28. The maximum absolute atomic E-state index is 12.2. The first kappa shape index (κ1) is 14.2. The normalized spacial score (nSPS) is 16.5. The minimum absolute atomic E-state index is 0.0725. The van der Waals surface area contributed by atoms with Crippen molar-refractivity contribution in [2.24, 2.45) is 0 Å². The fraction of sp³-hybridized carbons (Fsp3) is 0.385. The number of hydrogen-bond acceptors (Lipinski definition) is 2. The zero-order valence-corrected chi connectivity index (χ0v) is 11.6. The number of carbonyl (C=O) groups excluding carboxylic acids is 1. The molecule has 1 fully saturated rings. The summed E-state index contributed by atoms with van der Waals surface area (Å²) in [6.07, 6.45) is 2.18. The second kappa shape index (κ2) is 5.39.